The summed E-state index contributed by atoms with van der Waals surface area (Å²) in [6.45, 7) is 0.757. The molecule has 3 rings (SSSR count). The Balaban J connectivity index is 1.69. The van der Waals surface area contributed by atoms with Crippen molar-refractivity contribution in [1.82, 2.24) is 19.4 Å². The molecule has 0 bridgehead atoms. The number of rotatable bonds is 7. The average molecular weight is 376 g/mol. The standard InChI is InChI=1S/C18H24N4O3S/c1-21(12-13-22-11-5-10-19-22)26(24,25)17-9-4-6-15(14-17)18(23)20-16-7-2-3-8-16/h4-6,9-11,14,16H,2-3,7-8,12-13H2,1H3,(H,20,23). The molecule has 1 aliphatic rings. The molecule has 7 nitrogen and oxygen atoms in total. The molecule has 1 aliphatic carbocycles. The molecule has 0 spiro atoms. The maximum Gasteiger partial charge on any atom is 0.251 e. The van der Waals surface area contributed by atoms with Gasteiger partial charge >= 0.3 is 0 Å². The van der Waals surface area contributed by atoms with Crippen molar-refractivity contribution < 1.29 is 13.2 Å². The molecular weight excluding hydrogens is 352 g/mol. The molecular formula is C18H24N4O3S. The van der Waals surface area contributed by atoms with Crippen LogP contribution in [0.1, 0.15) is 36.0 Å². The number of carbonyl (C=O) groups excluding carboxylic acids is 1. The summed E-state index contributed by atoms with van der Waals surface area (Å²) in [6, 6.07) is 8.21. The third-order valence-corrected chi connectivity index (χ3v) is 6.55. The lowest BCUT2D eigenvalue weighted by Crippen LogP contribution is -2.33. The molecule has 1 fully saturated rings. The lowest BCUT2D eigenvalue weighted by Gasteiger charge is -2.18. The Labute approximate surface area is 154 Å². The second-order valence-corrected chi connectivity index (χ2v) is 8.62. The van der Waals surface area contributed by atoms with E-state index in [1.165, 1.54) is 23.5 Å². The highest BCUT2D eigenvalue weighted by Gasteiger charge is 2.23. The minimum absolute atomic E-state index is 0.125. The maximum absolute atomic E-state index is 12.8. The molecule has 0 saturated heterocycles. The van der Waals surface area contributed by atoms with Crippen LogP contribution < -0.4 is 5.32 Å². The van der Waals surface area contributed by atoms with Crippen LogP contribution in [0.2, 0.25) is 0 Å². The predicted molar refractivity (Wildman–Crippen MR) is 98.2 cm³/mol. The van der Waals surface area contributed by atoms with Crippen molar-refractivity contribution in [2.24, 2.45) is 0 Å². The van der Waals surface area contributed by atoms with Gasteiger partial charge in [0.15, 0.2) is 0 Å². The highest BCUT2D eigenvalue weighted by molar-refractivity contribution is 7.89. The van der Waals surface area contributed by atoms with E-state index < -0.39 is 10.0 Å². The van der Waals surface area contributed by atoms with E-state index in [1.807, 2.05) is 0 Å². The van der Waals surface area contributed by atoms with Gasteiger partial charge in [0.05, 0.1) is 11.4 Å². The van der Waals surface area contributed by atoms with Crippen LogP contribution in [-0.2, 0) is 16.6 Å². The zero-order valence-corrected chi connectivity index (χ0v) is 15.7. The summed E-state index contributed by atoms with van der Waals surface area (Å²) >= 11 is 0. The Morgan fingerprint density at radius 3 is 2.77 bits per heavy atom. The van der Waals surface area contributed by atoms with E-state index in [2.05, 4.69) is 10.4 Å². The highest BCUT2D eigenvalue weighted by Crippen LogP contribution is 2.19. The number of amides is 1. The number of nitrogens with zero attached hydrogens (tertiary/aromatic N) is 3. The number of nitrogens with one attached hydrogen (secondary N) is 1. The minimum Gasteiger partial charge on any atom is -0.349 e. The van der Waals surface area contributed by atoms with Gasteiger partial charge in [-0.05, 0) is 37.1 Å². The van der Waals surface area contributed by atoms with E-state index in [9.17, 15) is 13.2 Å². The minimum atomic E-state index is -3.66. The Morgan fingerprint density at radius 2 is 2.08 bits per heavy atom. The molecule has 140 valence electrons. The van der Waals surface area contributed by atoms with Crippen molar-refractivity contribution in [2.75, 3.05) is 13.6 Å². The fraction of sp³-hybridized carbons (Fsp3) is 0.444. The van der Waals surface area contributed by atoms with E-state index in [4.69, 9.17) is 0 Å². The van der Waals surface area contributed by atoms with E-state index in [1.54, 1.807) is 35.3 Å². The van der Waals surface area contributed by atoms with Crippen molar-refractivity contribution >= 4 is 15.9 Å². The quantitative estimate of drug-likeness (QED) is 0.800. The number of hydrogen-bond acceptors (Lipinski definition) is 4. The summed E-state index contributed by atoms with van der Waals surface area (Å²) in [5, 5.41) is 7.06. The molecule has 1 saturated carbocycles. The summed E-state index contributed by atoms with van der Waals surface area (Å²) < 4.78 is 28.5. The zero-order chi connectivity index (χ0) is 18.6. The Bertz CT molecular complexity index is 843. The molecule has 26 heavy (non-hydrogen) atoms. The summed E-state index contributed by atoms with van der Waals surface area (Å²) in [5.41, 5.74) is 0.374. The van der Waals surface area contributed by atoms with Gasteiger partial charge in [-0.25, -0.2) is 8.42 Å². The van der Waals surface area contributed by atoms with Gasteiger partial charge in [-0.3, -0.25) is 9.48 Å². The number of benzene rings is 1. The SMILES string of the molecule is CN(CCn1cccn1)S(=O)(=O)c1cccc(C(=O)NC2CCCC2)c1. The maximum atomic E-state index is 12.8. The summed E-state index contributed by atoms with van der Waals surface area (Å²) in [7, 11) is -2.13. The molecule has 1 aromatic heterocycles. The van der Waals surface area contributed by atoms with E-state index in [0.29, 0.717) is 18.7 Å². The molecule has 8 heteroatoms. The molecule has 0 unspecified atom stereocenters. The smallest absolute Gasteiger partial charge is 0.251 e. The van der Waals surface area contributed by atoms with Gasteiger partial charge in [-0.2, -0.15) is 9.40 Å². The van der Waals surface area contributed by atoms with Crippen LogP contribution >= 0.6 is 0 Å². The van der Waals surface area contributed by atoms with Crippen LogP contribution in [0.25, 0.3) is 0 Å². The first-order valence-electron chi connectivity index (χ1n) is 8.81. The molecule has 1 amide bonds. The largest absolute Gasteiger partial charge is 0.349 e. The molecule has 0 radical (unpaired) electrons. The lowest BCUT2D eigenvalue weighted by atomic mass is 10.2. The van der Waals surface area contributed by atoms with E-state index in [0.717, 1.165) is 25.7 Å². The van der Waals surface area contributed by atoms with Crippen LogP contribution in [0.15, 0.2) is 47.6 Å². The fourth-order valence-electron chi connectivity index (χ4n) is 3.11. The third-order valence-electron chi connectivity index (χ3n) is 4.70. The first kappa shape index (κ1) is 18.6. The number of hydrogen-bond donors (Lipinski definition) is 1. The molecule has 1 aromatic carbocycles. The number of aromatic nitrogens is 2. The third kappa shape index (κ3) is 4.31. The van der Waals surface area contributed by atoms with Gasteiger partial charge in [0.1, 0.15) is 0 Å². The normalized spacial score (nSPS) is 15.5. The highest BCUT2D eigenvalue weighted by atomic mass is 32.2. The number of carbonyl (C=O) groups is 1. The van der Waals surface area contributed by atoms with Gasteiger partial charge in [-0.15, -0.1) is 0 Å². The molecule has 1 heterocycles. The Morgan fingerprint density at radius 1 is 1.31 bits per heavy atom. The van der Waals surface area contributed by atoms with E-state index >= 15 is 0 Å². The Hall–Kier alpha value is -2.19. The number of likely N-dealkylation sites (N-methyl/N-ethyl adjacent to an activating group) is 1. The van der Waals surface area contributed by atoms with Crippen LogP contribution in [0.4, 0.5) is 0 Å². The first-order valence-corrected chi connectivity index (χ1v) is 10.3. The predicted octanol–water partition coefficient (Wildman–Crippen LogP) is 1.88. The lowest BCUT2D eigenvalue weighted by molar-refractivity contribution is 0.0937. The monoisotopic (exact) mass is 376 g/mol. The fourth-order valence-corrected chi connectivity index (χ4v) is 4.32. The van der Waals surface area contributed by atoms with Crippen molar-refractivity contribution in [3.05, 3.63) is 48.3 Å². The van der Waals surface area contributed by atoms with Gasteiger partial charge < -0.3 is 5.32 Å². The van der Waals surface area contributed by atoms with Crippen LogP contribution in [0, 0.1) is 0 Å². The second kappa shape index (κ2) is 8.01. The first-order chi connectivity index (χ1) is 12.5. The molecule has 0 aliphatic heterocycles. The van der Waals surface area contributed by atoms with Crippen molar-refractivity contribution in [3.63, 3.8) is 0 Å². The van der Waals surface area contributed by atoms with Crippen LogP contribution in [0.3, 0.4) is 0 Å². The van der Waals surface area contributed by atoms with Crippen molar-refractivity contribution in [2.45, 2.75) is 43.2 Å². The van der Waals surface area contributed by atoms with Gasteiger partial charge in [0, 0.05) is 37.6 Å². The van der Waals surface area contributed by atoms with E-state index in [-0.39, 0.29) is 16.8 Å². The second-order valence-electron chi connectivity index (χ2n) is 6.58. The van der Waals surface area contributed by atoms with Crippen molar-refractivity contribution in [3.8, 4) is 0 Å². The van der Waals surface area contributed by atoms with Crippen molar-refractivity contribution in [1.29, 1.82) is 0 Å². The zero-order valence-electron chi connectivity index (χ0n) is 14.8. The van der Waals surface area contributed by atoms with Gasteiger partial charge in [-0.1, -0.05) is 18.9 Å². The van der Waals surface area contributed by atoms with Crippen LogP contribution in [0.5, 0.6) is 0 Å². The Kier molecular flexibility index (Phi) is 5.73. The van der Waals surface area contributed by atoms with Gasteiger partial charge in [0.2, 0.25) is 10.0 Å². The topological polar surface area (TPSA) is 84.3 Å². The summed E-state index contributed by atoms with van der Waals surface area (Å²) in [5.74, 6) is -0.215. The molecule has 2 aromatic rings. The van der Waals surface area contributed by atoms with Gasteiger partial charge in [0.25, 0.3) is 5.91 Å². The number of sulfonamides is 1. The summed E-state index contributed by atoms with van der Waals surface area (Å²) in [4.78, 5) is 12.5. The average Bonchev–Trinajstić information content (AvgIpc) is 3.33. The molecule has 0 atom stereocenters. The van der Waals surface area contributed by atoms with Crippen LogP contribution in [-0.4, -0.2) is 48.0 Å². The summed E-state index contributed by atoms with van der Waals surface area (Å²) in [6.07, 6.45) is 7.66. The molecule has 1 N–H and O–H groups in total.